The summed E-state index contributed by atoms with van der Waals surface area (Å²) in [6.45, 7) is 10.7. The van der Waals surface area contributed by atoms with Gasteiger partial charge in [0.25, 0.3) is 0 Å². The summed E-state index contributed by atoms with van der Waals surface area (Å²) in [4.78, 5) is 0. The molecule has 0 aromatic carbocycles. The van der Waals surface area contributed by atoms with Gasteiger partial charge >= 0.3 is 0 Å². The first-order chi connectivity index (χ1) is 7.98. The molecule has 1 rings (SSSR count). The summed E-state index contributed by atoms with van der Waals surface area (Å²) in [7, 11) is 1.78. The van der Waals surface area contributed by atoms with Gasteiger partial charge in [0.2, 0.25) is 0 Å². The van der Waals surface area contributed by atoms with E-state index >= 15 is 0 Å². The Bertz CT molecular complexity index is 218. The molecule has 0 aromatic heterocycles. The van der Waals surface area contributed by atoms with Gasteiger partial charge in [-0.1, -0.05) is 6.92 Å². The third-order valence-electron chi connectivity index (χ3n) is 3.83. The average Bonchev–Trinajstić information content (AvgIpc) is 2.73. The summed E-state index contributed by atoms with van der Waals surface area (Å²) >= 11 is 0. The van der Waals surface area contributed by atoms with Crippen molar-refractivity contribution in [3.63, 3.8) is 0 Å². The van der Waals surface area contributed by atoms with E-state index in [4.69, 9.17) is 9.47 Å². The molecule has 1 aliphatic heterocycles. The van der Waals surface area contributed by atoms with E-state index in [2.05, 4.69) is 33.0 Å². The molecule has 1 heterocycles. The van der Waals surface area contributed by atoms with Crippen LogP contribution in [0.2, 0.25) is 0 Å². The minimum Gasteiger partial charge on any atom is -0.379 e. The Hall–Kier alpha value is -0.120. The highest BCUT2D eigenvalue weighted by Gasteiger charge is 2.27. The van der Waals surface area contributed by atoms with Crippen molar-refractivity contribution in [1.29, 1.82) is 0 Å². The summed E-state index contributed by atoms with van der Waals surface area (Å²) < 4.78 is 11.2. The second kappa shape index (κ2) is 6.72. The zero-order chi connectivity index (χ0) is 12.9. The van der Waals surface area contributed by atoms with Gasteiger partial charge in [-0.25, -0.2) is 0 Å². The molecule has 0 aliphatic carbocycles. The van der Waals surface area contributed by atoms with Crippen molar-refractivity contribution in [2.24, 2.45) is 5.92 Å². The van der Waals surface area contributed by atoms with Crippen molar-refractivity contribution in [3.05, 3.63) is 0 Å². The lowest BCUT2D eigenvalue weighted by molar-refractivity contribution is 0.00790. The first kappa shape index (κ1) is 14.9. The van der Waals surface area contributed by atoms with Crippen LogP contribution in [-0.2, 0) is 9.47 Å². The Labute approximate surface area is 106 Å². The van der Waals surface area contributed by atoms with Gasteiger partial charge in [-0.05, 0) is 46.0 Å². The van der Waals surface area contributed by atoms with Crippen molar-refractivity contribution >= 4 is 0 Å². The average molecular weight is 243 g/mol. The maximum absolute atomic E-state index is 5.70. The Morgan fingerprint density at radius 2 is 2.18 bits per heavy atom. The van der Waals surface area contributed by atoms with E-state index in [9.17, 15) is 0 Å². The van der Waals surface area contributed by atoms with Gasteiger partial charge < -0.3 is 14.8 Å². The molecule has 3 heteroatoms. The van der Waals surface area contributed by atoms with E-state index in [1.807, 2.05) is 0 Å². The van der Waals surface area contributed by atoms with Crippen molar-refractivity contribution in [2.45, 2.75) is 64.7 Å². The van der Waals surface area contributed by atoms with Crippen molar-refractivity contribution < 1.29 is 9.47 Å². The zero-order valence-electron chi connectivity index (χ0n) is 12.1. The smallest absolute Gasteiger partial charge is 0.0637 e. The lowest BCUT2D eigenvalue weighted by Crippen LogP contribution is -2.39. The lowest BCUT2D eigenvalue weighted by Gasteiger charge is -2.28. The quantitative estimate of drug-likeness (QED) is 0.745. The number of hydrogen-bond acceptors (Lipinski definition) is 3. The summed E-state index contributed by atoms with van der Waals surface area (Å²) in [5.74, 6) is 0.688. The molecule has 0 bridgehead atoms. The number of rotatable bonds is 7. The molecule has 0 saturated carbocycles. The molecule has 3 atom stereocenters. The highest BCUT2D eigenvalue weighted by atomic mass is 16.5. The molecule has 0 aromatic rings. The Kier molecular flexibility index (Phi) is 5.90. The van der Waals surface area contributed by atoms with Gasteiger partial charge in [-0.15, -0.1) is 0 Å². The minimum absolute atomic E-state index is 0.0389. The molecule has 0 spiro atoms. The third-order valence-corrected chi connectivity index (χ3v) is 3.83. The predicted molar refractivity (Wildman–Crippen MR) is 71.3 cm³/mol. The second-order valence-corrected chi connectivity index (χ2v) is 5.84. The predicted octanol–water partition coefficient (Wildman–Crippen LogP) is 2.59. The second-order valence-electron chi connectivity index (χ2n) is 5.84. The first-order valence-corrected chi connectivity index (χ1v) is 6.88. The largest absolute Gasteiger partial charge is 0.379 e. The molecular formula is C14H29NO2. The zero-order valence-corrected chi connectivity index (χ0v) is 12.1. The highest BCUT2D eigenvalue weighted by Crippen LogP contribution is 2.23. The number of ether oxygens (including phenoxy) is 2. The minimum atomic E-state index is -0.0389. The van der Waals surface area contributed by atoms with E-state index in [1.54, 1.807) is 7.11 Å². The van der Waals surface area contributed by atoms with Crippen LogP contribution in [0.15, 0.2) is 0 Å². The molecule has 102 valence electrons. The first-order valence-electron chi connectivity index (χ1n) is 6.88. The maximum Gasteiger partial charge on any atom is 0.0637 e. The molecule has 1 saturated heterocycles. The topological polar surface area (TPSA) is 30.5 Å². The molecule has 3 nitrogen and oxygen atoms in total. The summed E-state index contributed by atoms with van der Waals surface area (Å²) in [6, 6.07) is 0.489. The van der Waals surface area contributed by atoms with Gasteiger partial charge in [-0.2, -0.15) is 0 Å². The van der Waals surface area contributed by atoms with Crippen LogP contribution in [0.1, 0.15) is 47.0 Å². The molecule has 1 fully saturated rings. The Morgan fingerprint density at radius 1 is 1.47 bits per heavy atom. The van der Waals surface area contributed by atoms with Crippen molar-refractivity contribution in [1.82, 2.24) is 5.32 Å². The van der Waals surface area contributed by atoms with E-state index < -0.39 is 0 Å². The van der Waals surface area contributed by atoms with Crippen LogP contribution in [0, 0.1) is 5.92 Å². The van der Waals surface area contributed by atoms with Crippen LogP contribution in [0.25, 0.3) is 0 Å². The van der Waals surface area contributed by atoms with Gasteiger partial charge in [0.1, 0.15) is 0 Å². The van der Waals surface area contributed by atoms with Gasteiger partial charge in [0, 0.05) is 26.3 Å². The fourth-order valence-electron chi connectivity index (χ4n) is 2.62. The standard InChI is InChI=1S/C14H29NO2/c1-6-13-12(7-8-17-13)10-15-11(2)9-14(3,4)16-5/h11-13,15H,6-10H2,1-5H3. The van der Waals surface area contributed by atoms with Crippen molar-refractivity contribution in [2.75, 3.05) is 20.3 Å². The normalized spacial score (nSPS) is 27.4. The molecule has 1 aliphatic rings. The highest BCUT2D eigenvalue weighted by molar-refractivity contribution is 4.80. The van der Waals surface area contributed by atoms with Gasteiger partial charge in [-0.3, -0.25) is 0 Å². The Balaban J connectivity index is 2.25. The van der Waals surface area contributed by atoms with E-state index in [-0.39, 0.29) is 5.60 Å². The van der Waals surface area contributed by atoms with Crippen molar-refractivity contribution in [3.8, 4) is 0 Å². The SMILES string of the molecule is CCC1OCCC1CNC(C)CC(C)(C)OC. The fraction of sp³-hybridized carbons (Fsp3) is 1.00. The van der Waals surface area contributed by atoms with Crippen LogP contribution in [0.3, 0.4) is 0 Å². The fourth-order valence-corrected chi connectivity index (χ4v) is 2.62. The third kappa shape index (κ3) is 4.94. The van der Waals surface area contributed by atoms with Crippen LogP contribution in [-0.4, -0.2) is 38.0 Å². The summed E-state index contributed by atoms with van der Waals surface area (Å²) in [5.41, 5.74) is -0.0389. The van der Waals surface area contributed by atoms with Crippen LogP contribution in [0.5, 0.6) is 0 Å². The summed E-state index contributed by atoms with van der Waals surface area (Å²) in [5, 5.41) is 3.62. The number of nitrogens with one attached hydrogen (secondary N) is 1. The number of hydrogen-bond donors (Lipinski definition) is 1. The van der Waals surface area contributed by atoms with Gasteiger partial charge in [0.15, 0.2) is 0 Å². The molecule has 3 unspecified atom stereocenters. The molecular weight excluding hydrogens is 214 g/mol. The lowest BCUT2D eigenvalue weighted by atomic mass is 9.97. The molecule has 0 radical (unpaired) electrons. The monoisotopic (exact) mass is 243 g/mol. The van der Waals surface area contributed by atoms with Crippen LogP contribution >= 0.6 is 0 Å². The van der Waals surface area contributed by atoms with Crippen LogP contribution < -0.4 is 5.32 Å². The summed E-state index contributed by atoms with van der Waals surface area (Å²) in [6.07, 6.45) is 3.83. The molecule has 17 heavy (non-hydrogen) atoms. The molecule has 0 amide bonds. The van der Waals surface area contributed by atoms with Gasteiger partial charge in [0.05, 0.1) is 11.7 Å². The van der Waals surface area contributed by atoms with Crippen LogP contribution in [0.4, 0.5) is 0 Å². The molecule has 1 N–H and O–H groups in total. The maximum atomic E-state index is 5.70. The van der Waals surface area contributed by atoms with E-state index in [0.717, 1.165) is 26.0 Å². The van der Waals surface area contributed by atoms with E-state index in [0.29, 0.717) is 18.1 Å². The number of methoxy groups -OCH3 is 1. The van der Waals surface area contributed by atoms with E-state index in [1.165, 1.54) is 6.42 Å². The Morgan fingerprint density at radius 3 is 2.76 bits per heavy atom.